The number of rotatable bonds is 3. The lowest BCUT2D eigenvalue weighted by atomic mass is 9.88. The Bertz CT molecular complexity index is 489. The highest BCUT2D eigenvalue weighted by atomic mass is 14.5. The summed E-state index contributed by atoms with van der Waals surface area (Å²) >= 11 is 0. The summed E-state index contributed by atoms with van der Waals surface area (Å²) in [5, 5.41) is 0. The molecule has 0 aromatic heterocycles. The van der Waals surface area contributed by atoms with E-state index in [1.165, 1.54) is 36.0 Å². The van der Waals surface area contributed by atoms with Crippen molar-refractivity contribution in [1.82, 2.24) is 0 Å². The number of hydrogen-bond acceptors (Lipinski definition) is 0. The lowest BCUT2D eigenvalue weighted by Crippen LogP contribution is -2.10. The SMILES string of the molecule is Cc1ccc(C2(Cc3ccccc3)CC2)cc1. The van der Waals surface area contributed by atoms with Gasteiger partial charge in [-0.1, -0.05) is 60.2 Å². The van der Waals surface area contributed by atoms with Gasteiger partial charge in [0.05, 0.1) is 0 Å². The van der Waals surface area contributed by atoms with Gasteiger partial charge in [0.2, 0.25) is 0 Å². The van der Waals surface area contributed by atoms with Crippen LogP contribution < -0.4 is 0 Å². The van der Waals surface area contributed by atoms with Gasteiger partial charge in [0.15, 0.2) is 0 Å². The summed E-state index contributed by atoms with van der Waals surface area (Å²) in [5.74, 6) is 0. The molecular weight excluding hydrogens is 204 g/mol. The van der Waals surface area contributed by atoms with Crippen LogP contribution in [-0.2, 0) is 11.8 Å². The topological polar surface area (TPSA) is 0 Å². The third kappa shape index (κ3) is 2.12. The molecule has 1 aliphatic rings. The average molecular weight is 222 g/mol. The summed E-state index contributed by atoms with van der Waals surface area (Å²) in [5.41, 5.74) is 4.77. The van der Waals surface area contributed by atoms with Crippen LogP contribution in [0, 0.1) is 6.92 Å². The van der Waals surface area contributed by atoms with Crippen molar-refractivity contribution < 1.29 is 0 Å². The molecule has 1 aliphatic carbocycles. The summed E-state index contributed by atoms with van der Waals surface area (Å²) in [7, 11) is 0. The third-order valence-corrected chi connectivity index (χ3v) is 3.90. The van der Waals surface area contributed by atoms with Crippen molar-refractivity contribution in [3.05, 3.63) is 71.3 Å². The van der Waals surface area contributed by atoms with Crippen LogP contribution in [0.5, 0.6) is 0 Å². The number of aryl methyl sites for hydroxylation is 1. The van der Waals surface area contributed by atoms with E-state index < -0.39 is 0 Å². The quantitative estimate of drug-likeness (QED) is 0.727. The first-order valence-electron chi connectivity index (χ1n) is 6.40. The Labute approximate surface area is 103 Å². The molecule has 0 atom stereocenters. The fraction of sp³-hybridized carbons (Fsp3) is 0.294. The lowest BCUT2D eigenvalue weighted by Gasteiger charge is -2.16. The normalized spacial score (nSPS) is 16.8. The second kappa shape index (κ2) is 4.03. The summed E-state index contributed by atoms with van der Waals surface area (Å²) in [6.45, 7) is 2.15. The predicted molar refractivity (Wildman–Crippen MR) is 72.2 cm³/mol. The predicted octanol–water partition coefficient (Wildman–Crippen LogP) is 4.27. The number of benzene rings is 2. The summed E-state index contributed by atoms with van der Waals surface area (Å²) in [6.07, 6.45) is 3.87. The monoisotopic (exact) mass is 222 g/mol. The fourth-order valence-corrected chi connectivity index (χ4v) is 2.61. The van der Waals surface area contributed by atoms with Gasteiger partial charge in [0.25, 0.3) is 0 Å². The summed E-state index contributed by atoms with van der Waals surface area (Å²) in [6, 6.07) is 20.0. The second-order valence-corrected chi connectivity index (χ2v) is 5.31. The van der Waals surface area contributed by atoms with Gasteiger partial charge in [0.1, 0.15) is 0 Å². The highest BCUT2D eigenvalue weighted by Crippen LogP contribution is 2.50. The Morgan fingerprint density at radius 1 is 0.882 bits per heavy atom. The molecule has 2 aromatic carbocycles. The fourth-order valence-electron chi connectivity index (χ4n) is 2.61. The minimum absolute atomic E-state index is 0.440. The molecule has 0 heterocycles. The van der Waals surface area contributed by atoms with E-state index in [0.29, 0.717) is 5.41 Å². The van der Waals surface area contributed by atoms with Crippen LogP contribution in [0.1, 0.15) is 29.5 Å². The van der Waals surface area contributed by atoms with Gasteiger partial charge < -0.3 is 0 Å². The summed E-state index contributed by atoms with van der Waals surface area (Å²) in [4.78, 5) is 0. The van der Waals surface area contributed by atoms with Gasteiger partial charge in [-0.15, -0.1) is 0 Å². The van der Waals surface area contributed by atoms with E-state index in [1.54, 1.807) is 0 Å². The van der Waals surface area contributed by atoms with Gasteiger partial charge in [0, 0.05) is 0 Å². The van der Waals surface area contributed by atoms with E-state index >= 15 is 0 Å². The molecule has 0 aliphatic heterocycles. The highest BCUT2D eigenvalue weighted by Gasteiger charge is 2.43. The smallest absolute Gasteiger partial charge is 0.000601 e. The standard InChI is InChI=1S/C17H18/c1-14-7-9-16(10-8-14)17(11-12-17)13-15-5-3-2-4-6-15/h2-10H,11-13H2,1H3. The molecule has 17 heavy (non-hydrogen) atoms. The maximum Gasteiger partial charge on any atom is -0.000601 e. The van der Waals surface area contributed by atoms with Crippen molar-refractivity contribution in [1.29, 1.82) is 0 Å². The van der Waals surface area contributed by atoms with Crippen molar-refractivity contribution in [3.8, 4) is 0 Å². The Kier molecular flexibility index (Phi) is 2.51. The molecule has 2 aromatic rings. The van der Waals surface area contributed by atoms with Crippen molar-refractivity contribution in [2.45, 2.75) is 31.6 Å². The van der Waals surface area contributed by atoms with Crippen LogP contribution in [0.15, 0.2) is 54.6 Å². The zero-order valence-electron chi connectivity index (χ0n) is 10.3. The molecule has 1 saturated carbocycles. The van der Waals surface area contributed by atoms with Gasteiger partial charge in [-0.05, 0) is 42.7 Å². The van der Waals surface area contributed by atoms with Crippen LogP contribution in [-0.4, -0.2) is 0 Å². The third-order valence-electron chi connectivity index (χ3n) is 3.90. The molecule has 86 valence electrons. The van der Waals surface area contributed by atoms with E-state index in [1.807, 2.05) is 0 Å². The molecule has 0 bridgehead atoms. The van der Waals surface area contributed by atoms with Crippen LogP contribution in [0.3, 0.4) is 0 Å². The van der Waals surface area contributed by atoms with Gasteiger partial charge in [-0.25, -0.2) is 0 Å². The van der Waals surface area contributed by atoms with Crippen LogP contribution in [0.25, 0.3) is 0 Å². The Hall–Kier alpha value is -1.56. The van der Waals surface area contributed by atoms with Crippen LogP contribution in [0.2, 0.25) is 0 Å². The van der Waals surface area contributed by atoms with Gasteiger partial charge >= 0.3 is 0 Å². The van der Waals surface area contributed by atoms with E-state index in [-0.39, 0.29) is 0 Å². The largest absolute Gasteiger partial charge is 0.0622 e. The first-order valence-corrected chi connectivity index (χ1v) is 6.40. The molecule has 0 N–H and O–H groups in total. The molecule has 0 saturated heterocycles. The van der Waals surface area contributed by atoms with Gasteiger partial charge in [-0.2, -0.15) is 0 Å². The van der Waals surface area contributed by atoms with E-state index in [2.05, 4.69) is 61.5 Å². The minimum atomic E-state index is 0.440. The second-order valence-electron chi connectivity index (χ2n) is 5.31. The lowest BCUT2D eigenvalue weighted by molar-refractivity contribution is 0.687. The molecule has 0 radical (unpaired) electrons. The van der Waals surface area contributed by atoms with Gasteiger partial charge in [-0.3, -0.25) is 0 Å². The minimum Gasteiger partial charge on any atom is -0.0622 e. The molecule has 0 spiro atoms. The molecule has 3 rings (SSSR count). The molecular formula is C17H18. The summed E-state index contributed by atoms with van der Waals surface area (Å²) < 4.78 is 0. The maximum atomic E-state index is 2.31. The number of hydrogen-bond donors (Lipinski definition) is 0. The van der Waals surface area contributed by atoms with E-state index in [4.69, 9.17) is 0 Å². The van der Waals surface area contributed by atoms with E-state index in [9.17, 15) is 0 Å². The van der Waals surface area contributed by atoms with E-state index in [0.717, 1.165) is 0 Å². The van der Waals surface area contributed by atoms with Crippen molar-refractivity contribution in [3.63, 3.8) is 0 Å². The van der Waals surface area contributed by atoms with Crippen LogP contribution >= 0.6 is 0 Å². The van der Waals surface area contributed by atoms with Crippen LogP contribution in [0.4, 0.5) is 0 Å². The maximum absolute atomic E-state index is 2.31. The molecule has 0 heteroatoms. The average Bonchev–Trinajstić information content (AvgIpc) is 3.12. The van der Waals surface area contributed by atoms with Crippen molar-refractivity contribution in [2.75, 3.05) is 0 Å². The zero-order valence-corrected chi connectivity index (χ0v) is 10.3. The molecule has 0 nitrogen and oxygen atoms in total. The molecule has 0 unspecified atom stereocenters. The first kappa shape index (κ1) is 10.6. The zero-order chi connectivity index (χ0) is 11.7. The first-order chi connectivity index (χ1) is 8.28. The Morgan fingerprint density at radius 3 is 2.12 bits per heavy atom. The Morgan fingerprint density at radius 2 is 1.53 bits per heavy atom. The Balaban J connectivity index is 1.85. The van der Waals surface area contributed by atoms with Crippen molar-refractivity contribution in [2.24, 2.45) is 0 Å². The highest BCUT2D eigenvalue weighted by molar-refractivity contribution is 5.36. The van der Waals surface area contributed by atoms with Crippen molar-refractivity contribution >= 4 is 0 Å². The molecule has 0 amide bonds. The molecule has 1 fully saturated rings.